The van der Waals surface area contributed by atoms with E-state index in [4.69, 9.17) is 9.47 Å². The molecule has 124 valence electrons. The van der Waals surface area contributed by atoms with Gasteiger partial charge in [-0.15, -0.1) is 0 Å². The summed E-state index contributed by atoms with van der Waals surface area (Å²) < 4.78 is 10.9. The van der Waals surface area contributed by atoms with Gasteiger partial charge in [-0.25, -0.2) is 0 Å². The van der Waals surface area contributed by atoms with Crippen molar-refractivity contribution in [1.82, 2.24) is 4.90 Å². The van der Waals surface area contributed by atoms with Crippen LogP contribution in [-0.2, 0) is 14.3 Å². The first-order chi connectivity index (χ1) is 10.0. The first-order valence-electron chi connectivity index (χ1n) is 8.43. The number of ketones is 1. The molecule has 0 amide bonds. The van der Waals surface area contributed by atoms with E-state index in [1.165, 1.54) is 0 Å². The summed E-state index contributed by atoms with van der Waals surface area (Å²) in [6, 6.07) is 0. The zero-order chi connectivity index (χ0) is 15.7. The van der Waals surface area contributed by atoms with Crippen molar-refractivity contribution in [2.75, 3.05) is 46.1 Å². The molecule has 1 atom stereocenters. The number of ether oxygens (including phenoxy) is 2. The van der Waals surface area contributed by atoms with Crippen LogP contribution in [0.3, 0.4) is 0 Å². The highest BCUT2D eigenvalue weighted by molar-refractivity contribution is 5.87. The first kappa shape index (κ1) is 18.6. The van der Waals surface area contributed by atoms with Crippen molar-refractivity contribution in [3.8, 4) is 0 Å². The average molecular weight is 299 g/mol. The van der Waals surface area contributed by atoms with E-state index in [0.717, 1.165) is 65.3 Å². The minimum atomic E-state index is -0.144. The molecule has 0 aromatic heterocycles. The fourth-order valence-corrected chi connectivity index (χ4v) is 3.05. The predicted octanol–water partition coefficient (Wildman–Crippen LogP) is 2.76. The Hall–Kier alpha value is -0.450. The third-order valence-electron chi connectivity index (χ3n) is 4.38. The Kier molecular flexibility index (Phi) is 8.45. The molecule has 0 bridgehead atoms. The van der Waals surface area contributed by atoms with Crippen LogP contribution in [0.25, 0.3) is 0 Å². The monoisotopic (exact) mass is 299 g/mol. The lowest BCUT2D eigenvalue weighted by atomic mass is 9.71. The van der Waals surface area contributed by atoms with Gasteiger partial charge in [-0.05, 0) is 26.7 Å². The summed E-state index contributed by atoms with van der Waals surface area (Å²) in [6.45, 7) is 13.8. The third-order valence-corrected chi connectivity index (χ3v) is 4.38. The molecule has 0 aromatic rings. The van der Waals surface area contributed by atoms with Crippen molar-refractivity contribution in [1.29, 1.82) is 0 Å². The van der Waals surface area contributed by atoms with E-state index >= 15 is 0 Å². The van der Waals surface area contributed by atoms with E-state index in [-0.39, 0.29) is 11.3 Å². The van der Waals surface area contributed by atoms with Crippen molar-refractivity contribution in [3.05, 3.63) is 0 Å². The number of carbonyl (C=O) groups is 1. The van der Waals surface area contributed by atoms with E-state index < -0.39 is 0 Å². The zero-order valence-electron chi connectivity index (χ0n) is 14.3. The van der Waals surface area contributed by atoms with Gasteiger partial charge in [0.05, 0.1) is 13.2 Å². The summed E-state index contributed by atoms with van der Waals surface area (Å²) in [4.78, 5) is 14.9. The molecule has 1 saturated carbocycles. The van der Waals surface area contributed by atoms with E-state index in [9.17, 15) is 4.79 Å². The van der Waals surface area contributed by atoms with Gasteiger partial charge in [-0.3, -0.25) is 9.69 Å². The highest BCUT2D eigenvalue weighted by Gasteiger charge is 2.37. The number of nitrogens with zero attached hydrogens (tertiary/aromatic N) is 1. The Morgan fingerprint density at radius 2 is 1.71 bits per heavy atom. The van der Waals surface area contributed by atoms with Gasteiger partial charge in [0, 0.05) is 44.2 Å². The molecule has 4 heteroatoms. The van der Waals surface area contributed by atoms with Crippen molar-refractivity contribution >= 4 is 5.78 Å². The maximum absolute atomic E-state index is 12.6. The van der Waals surface area contributed by atoms with E-state index in [1.807, 2.05) is 13.8 Å². The zero-order valence-corrected chi connectivity index (χ0v) is 14.3. The third kappa shape index (κ3) is 6.45. The van der Waals surface area contributed by atoms with E-state index in [1.54, 1.807) is 0 Å². The fourth-order valence-electron chi connectivity index (χ4n) is 3.05. The van der Waals surface area contributed by atoms with E-state index in [2.05, 4.69) is 18.7 Å². The second-order valence-electron chi connectivity index (χ2n) is 6.53. The summed E-state index contributed by atoms with van der Waals surface area (Å²) >= 11 is 0. The Morgan fingerprint density at radius 3 is 2.24 bits per heavy atom. The lowest BCUT2D eigenvalue weighted by Crippen LogP contribution is -2.43. The van der Waals surface area contributed by atoms with Crippen LogP contribution in [0.4, 0.5) is 0 Å². The quantitative estimate of drug-likeness (QED) is 0.581. The molecule has 1 unspecified atom stereocenters. The van der Waals surface area contributed by atoms with Crippen LogP contribution in [0.15, 0.2) is 0 Å². The molecule has 0 aliphatic heterocycles. The molecule has 1 aliphatic rings. The molecule has 0 spiro atoms. The molecule has 1 fully saturated rings. The van der Waals surface area contributed by atoms with Crippen LogP contribution in [0.5, 0.6) is 0 Å². The van der Waals surface area contributed by atoms with Crippen molar-refractivity contribution in [3.63, 3.8) is 0 Å². The summed E-state index contributed by atoms with van der Waals surface area (Å²) in [5.74, 6) is 0.614. The topological polar surface area (TPSA) is 38.8 Å². The van der Waals surface area contributed by atoms with Gasteiger partial charge in [-0.2, -0.15) is 0 Å². The number of rotatable bonds is 10. The van der Waals surface area contributed by atoms with Gasteiger partial charge >= 0.3 is 0 Å². The van der Waals surface area contributed by atoms with Crippen LogP contribution in [-0.4, -0.2) is 56.7 Å². The molecular weight excluding hydrogens is 266 g/mol. The second-order valence-corrected chi connectivity index (χ2v) is 6.53. The Bertz CT molecular complexity index is 294. The van der Waals surface area contributed by atoms with Gasteiger partial charge in [0.1, 0.15) is 5.78 Å². The van der Waals surface area contributed by atoms with Gasteiger partial charge in [0.2, 0.25) is 0 Å². The number of hydrogen-bond donors (Lipinski definition) is 0. The Morgan fingerprint density at radius 1 is 1.14 bits per heavy atom. The largest absolute Gasteiger partial charge is 0.380 e. The average Bonchev–Trinajstić information content (AvgIpc) is 2.44. The molecule has 1 aliphatic carbocycles. The van der Waals surface area contributed by atoms with Crippen LogP contribution in [0.1, 0.15) is 47.0 Å². The molecule has 0 saturated heterocycles. The molecule has 0 heterocycles. The van der Waals surface area contributed by atoms with Crippen LogP contribution in [0.2, 0.25) is 0 Å². The molecule has 1 rings (SSSR count). The first-order valence-corrected chi connectivity index (χ1v) is 8.43. The maximum Gasteiger partial charge on any atom is 0.142 e. The van der Waals surface area contributed by atoms with Gasteiger partial charge in [0.25, 0.3) is 0 Å². The fraction of sp³-hybridized carbons (Fsp3) is 0.941. The molecule has 0 radical (unpaired) electrons. The predicted molar refractivity (Wildman–Crippen MR) is 85.6 cm³/mol. The smallest absolute Gasteiger partial charge is 0.142 e. The van der Waals surface area contributed by atoms with Crippen molar-refractivity contribution < 1.29 is 14.3 Å². The normalized spacial score (nSPS) is 22.0. The highest BCUT2D eigenvalue weighted by Crippen LogP contribution is 2.35. The highest BCUT2D eigenvalue weighted by atomic mass is 16.5. The number of hydrogen-bond acceptors (Lipinski definition) is 4. The standard InChI is InChI=1S/C17H33NO3/c1-5-20-12-10-18(11-13-21-6-2)14-15-8-7-9-17(3,4)16(15)19/h15H,5-14H2,1-4H3. The van der Waals surface area contributed by atoms with Crippen LogP contribution < -0.4 is 0 Å². The van der Waals surface area contributed by atoms with Gasteiger partial charge in [-0.1, -0.05) is 20.3 Å². The summed E-state index contributed by atoms with van der Waals surface area (Å²) in [7, 11) is 0. The molecule has 4 nitrogen and oxygen atoms in total. The molecule has 0 N–H and O–H groups in total. The number of carbonyl (C=O) groups excluding carboxylic acids is 1. The van der Waals surface area contributed by atoms with Crippen LogP contribution in [0, 0.1) is 11.3 Å². The minimum Gasteiger partial charge on any atom is -0.380 e. The van der Waals surface area contributed by atoms with Crippen LogP contribution >= 0.6 is 0 Å². The van der Waals surface area contributed by atoms with E-state index in [0.29, 0.717) is 5.78 Å². The SMILES string of the molecule is CCOCCN(CCOCC)CC1CCCC(C)(C)C1=O. The summed E-state index contributed by atoms with van der Waals surface area (Å²) in [6.07, 6.45) is 3.22. The van der Waals surface area contributed by atoms with Crippen molar-refractivity contribution in [2.45, 2.75) is 47.0 Å². The summed E-state index contributed by atoms with van der Waals surface area (Å²) in [5.41, 5.74) is -0.144. The van der Waals surface area contributed by atoms with Crippen molar-refractivity contribution in [2.24, 2.45) is 11.3 Å². The number of Topliss-reactive ketones (excluding diaryl/α,β-unsaturated/α-hetero) is 1. The molecule has 0 aromatic carbocycles. The van der Waals surface area contributed by atoms with Gasteiger partial charge in [0.15, 0.2) is 0 Å². The lowest BCUT2D eigenvalue weighted by molar-refractivity contribution is -0.135. The second kappa shape index (κ2) is 9.54. The molecular formula is C17H33NO3. The maximum atomic E-state index is 12.6. The Labute approximate surface area is 130 Å². The lowest BCUT2D eigenvalue weighted by Gasteiger charge is -2.36. The minimum absolute atomic E-state index is 0.144. The summed E-state index contributed by atoms with van der Waals surface area (Å²) in [5, 5.41) is 0. The Balaban J connectivity index is 2.50. The van der Waals surface area contributed by atoms with Gasteiger partial charge < -0.3 is 9.47 Å². The molecule has 21 heavy (non-hydrogen) atoms.